The predicted octanol–water partition coefficient (Wildman–Crippen LogP) is 1.71. The van der Waals surface area contributed by atoms with Crippen molar-refractivity contribution in [3.05, 3.63) is 30.2 Å². The molecule has 2 heterocycles. The molecule has 0 amide bonds. The first-order chi connectivity index (χ1) is 9.42. The van der Waals surface area contributed by atoms with E-state index in [1.807, 2.05) is 0 Å². The van der Waals surface area contributed by atoms with E-state index in [1.54, 1.807) is 0 Å². The summed E-state index contributed by atoms with van der Waals surface area (Å²) in [6.07, 6.45) is 9.45. The molecule has 19 heavy (non-hydrogen) atoms. The maximum Gasteiger partial charge on any atom is 0.213 e. The molecule has 1 saturated carbocycles. The van der Waals surface area contributed by atoms with Crippen molar-refractivity contribution in [2.45, 2.75) is 44.7 Å². The van der Waals surface area contributed by atoms with Gasteiger partial charge in [0, 0.05) is 25.7 Å². The minimum absolute atomic E-state index is 0.619. The third kappa shape index (κ3) is 3.20. The average molecular weight is 261 g/mol. The summed E-state index contributed by atoms with van der Waals surface area (Å²) in [5.41, 5.74) is 1.10. The van der Waals surface area contributed by atoms with Gasteiger partial charge >= 0.3 is 0 Å². The van der Waals surface area contributed by atoms with Crippen LogP contribution >= 0.6 is 0 Å². The molecule has 1 fully saturated rings. The van der Waals surface area contributed by atoms with Gasteiger partial charge in [0.1, 0.15) is 0 Å². The first kappa shape index (κ1) is 12.3. The zero-order valence-electron chi connectivity index (χ0n) is 11.0. The Morgan fingerprint density at radius 3 is 3.05 bits per heavy atom. The van der Waals surface area contributed by atoms with Crippen molar-refractivity contribution in [2.75, 3.05) is 6.54 Å². The Bertz CT molecular complexity index is 487. The van der Waals surface area contributed by atoms with Gasteiger partial charge < -0.3 is 9.84 Å². The third-order valence-corrected chi connectivity index (χ3v) is 3.60. The van der Waals surface area contributed by atoms with E-state index in [0.29, 0.717) is 6.04 Å². The molecule has 3 rings (SSSR count). The number of nitrogens with one attached hydrogen (secondary N) is 1. The van der Waals surface area contributed by atoms with E-state index in [1.165, 1.54) is 32.1 Å². The van der Waals surface area contributed by atoms with Gasteiger partial charge in [0.2, 0.25) is 6.39 Å². The van der Waals surface area contributed by atoms with Gasteiger partial charge in [0.25, 0.3) is 0 Å². The van der Waals surface area contributed by atoms with E-state index in [2.05, 4.69) is 42.0 Å². The summed E-state index contributed by atoms with van der Waals surface area (Å²) in [5.74, 6) is 0.740. The van der Waals surface area contributed by atoms with Crippen molar-refractivity contribution in [1.29, 1.82) is 0 Å². The third-order valence-electron chi connectivity index (χ3n) is 3.60. The maximum absolute atomic E-state index is 4.69. The van der Waals surface area contributed by atoms with E-state index in [-0.39, 0.29) is 0 Å². The van der Waals surface area contributed by atoms with Crippen LogP contribution in [0.25, 0.3) is 0 Å². The molecule has 2 aromatic heterocycles. The fourth-order valence-electron chi connectivity index (χ4n) is 2.56. The molecule has 0 radical (unpaired) electrons. The predicted molar refractivity (Wildman–Crippen MR) is 69.4 cm³/mol. The largest absolute Gasteiger partial charge is 0.343 e. The van der Waals surface area contributed by atoms with Crippen LogP contribution in [0.3, 0.4) is 0 Å². The summed E-state index contributed by atoms with van der Waals surface area (Å²) in [6, 6.07) is 2.72. The first-order valence-corrected chi connectivity index (χ1v) is 6.92. The molecule has 0 atom stereocenters. The van der Waals surface area contributed by atoms with Crippen molar-refractivity contribution < 1.29 is 4.52 Å². The fraction of sp³-hybridized carbons (Fsp3) is 0.615. The van der Waals surface area contributed by atoms with Crippen LogP contribution in [0.4, 0.5) is 0 Å². The Balaban J connectivity index is 1.42. The second kappa shape index (κ2) is 5.97. The van der Waals surface area contributed by atoms with Crippen LogP contribution in [0.15, 0.2) is 23.2 Å². The summed E-state index contributed by atoms with van der Waals surface area (Å²) in [5, 5.41) is 11.7. The maximum atomic E-state index is 4.69. The Labute approximate surface area is 112 Å². The smallest absolute Gasteiger partial charge is 0.213 e. The zero-order valence-corrected chi connectivity index (χ0v) is 11.0. The molecular formula is C13H19N5O. The SMILES string of the molecule is c1nc(CCNCc2ccn(C3CCCC3)n2)no1. The highest BCUT2D eigenvalue weighted by molar-refractivity contribution is 5.00. The van der Waals surface area contributed by atoms with E-state index in [9.17, 15) is 0 Å². The standard InChI is InChI=1S/C13H19N5O/c1-2-4-12(3-1)18-8-6-11(16-18)9-14-7-5-13-15-10-19-17-13/h6,8,10,12,14H,1-5,7,9H2. The molecular weight excluding hydrogens is 242 g/mol. The van der Waals surface area contributed by atoms with Crippen molar-refractivity contribution >= 4 is 0 Å². The normalized spacial score (nSPS) is 16.2. The van der Waals surface area contributed by atoms with E-state index in [4.69, 9.17) is 0 Å². The summed E-state index contributed by atoms with van der Waals surface area (Å²) in [7, 11) is 0. The molecule has 0 aromatic carbocycles. The molecule has 2 aromatic rings. The van der Waals surface area contributed by atoms with Crippen LogP contribution in [0, 0.1) is 0 Å². The van der Waals surface area contributed by atoms with Crippen molar-refractivity contribution in [3.8, 4) is 0 Å². The molecule has 6 heteroatoms. The van der Waals surface area contributed by atoms with Gasteiger partial charge in [-0.1, -0.05) is 18.0 Å². The molecule has 0 unspecified atom stereocenters. The van der Waals surface area contributed by atoms with E-state index >= 15 is 0 Å². The molecule has 0 aliphatic heterocycles. The number of hydrogen-bond donors (Lipinski definition) is 1. The van der Waals surface area contributed by atoms with Gasteiger partial charge in [0.15, 0.2) is 5.82 Å². The highest BCUT2D eigenvalue weighted by atomic mass is 16.5. The number of aromatic nitrogens is 4. The van der Waals surface area contributed by atoms with E-state index in [0.717, 1.165) is 31.0 Å². The lowest BCUT2D eigenvalue weighted by molar-refractivity contribution is 0.409. The molecule has 0 saturated heterocycles. The monoisotopic (exact) mass is 261 g/mol. The first-order valence-electron chi connectivity index (χ1n) is 6.92. The quantitative estimate of drug-likeness (QED) is 0.802. The van der Waals surface area contributed by atoms with Crippen LogP contribution in [-0.2, 0) is 13.0 Å². The molecule has 6 nitrogen and oxygen atoms in total. The lowest BCUT2D eigenvalue weighted by atomic mass is 10.3. The molecule has 102 valence electrons. The highest BCUT2D eigenvalue weighted by Crippen LogP contribution is 2.28. The lowest BCUT2D eigenvalue weighted by Crippen LogP contribution is -2.18. The van der Waals surface area contributed by atoms with Crippen molar-refractivity contribution in [1.82, 2.24) is 25.2 Å². The molecule has 0 spiro atoms. The van der Waals surface area contributed by atoms with Crippen LogP contribution in [-0.4, -0.2) is 26.5 Å². The lowest BCUT2D eigenvalue weighted by Gasteiger charge is -2.08. The van der Waals surface area contributed by atoms with Gasteiger partial charge in [-0.3, -0.25) is 4.68 Å². The van der Waals surface area contributed by atoms with Gasteiger partial charge in [-0.15, -0.1) is 0 Å². The van der Waals surface area contributed by atoms with Crippen LogP contribution in [0.2, 0.25) is 0 Å². The molecule has 1 aliphatic carbocycles. The van der Waals surface area contributed by atoms with Crippen molar-refractivity contribution in [2.24, 2.45) is 0 Å². The average Bonchev–Trinajstić information content (AvgIpc) is 3.15. The van der Waals surface area contributed by atoms with Gasteiger partial charge in [0.05, 0.1) is 11.7 Å². The second-order valence-electron chi connectivity index (χ2n) is 5.00. The molecule has 0 bridgehead atoms. The fourth-order valence-corrected chi connectivity index (χ4v) is 2.56. The Morgan fingerprint density at radius 1 is 1.37 bits per heavy atom. The minimum Gasteiger partial charge on any atom is -0.343 e. The van der Waals surface area contributed by atoms with Gasteiger partial charge in [-0.2, -0.15) is 10.1 Å². The second-order valence-corrected chi connectivity index (χ2v) is 5.00. The Kier molecular flexibility index (Phi) is 3.88. The number of rotatable bonds is 6. The molecule has 1 N–H and O–H groups in total. The Hall–Kier alpha value is -1.69. The Morgan fingerprint density at radius 2 is 2.26 bits per heavy atom. The minimum atomic E-state index is 0.619. The van der Waals surface area contributed by atoms with Gasteiger partial charge in [-0.05, 0) is 18.9 Å². The summed E-state index contributed by atoms with van der Waals surface area (Å²) >= 11 is 0. The number of nitrogens with zero attached hydrogens (tertiary/aromatic N) is 4. The topological polar surface area (TPSA) is 68.8 Å². The summed E-state index contributed by atoms with van der Waals surface area (Å²) in [4.78, 5) is 3.98. The van der Waals surface area contributed by atoms with E-state index < -0.39 is 0 Å². The number of hydrogen-bond acceptors (Lipinski definition) is 5. The summed E-state index contributed by atoms with van der Waals surface area (Å²) in [6.45, 7) is 1.62. The van der Waals surface area contributed by atoms with Crippen molar-refractivity contribution in [3.63, 3.8) is 0 Å². The summed E-state index contributed by atoms with van der Waals surface area (Å²) < 4.78 is 6.81. The van der Waals surface area contributed by atoms with Gasteiger partial charge in [-0.25, -0.2) is 0 Å². The molecule has 1 aliphatic rings. The van der Waals surface area contributed by atoms with Crippen LogP contribution in [0.5, 0.6) is 0 Å². The van der Waals surface area contributed by atoms with Crippen LogP contribution in [0.1, 0.15) is 43.2 Å². The zero-order chi connectivity index (χ0) is 12.9. The highest BCUT2D eigenvalue weighted by Gasteiger charge is 2.17. The van der Waals surface area contributed by atoms with Crippen LogP contribution < -0.4 is 5.32 Å².